The molecule has 28 heavy (non-hydrogen) atoms. The first-order chi connectivity index (χ1) is 13.6. The molecular formula is C22H27N3O3. The summed E-state index contributed by atoms with van der Waals surface area (Å²) in [6.45, 7) is 6.43. The van der Waals surface area contributed by atoms with Crippen LogP contribution in [0.1, 0.15) is 30.7 Å². The van der Waals surface area contributed by atoms with Crippen molar-refractivity contribution in [2.45, 2.75) is 25.2 Å². The predicted molar refractivity (Wildman–Crippen MR) is 108 cm³/mol. The number of methoxy groups -OCH3 is 1. The van der Waals surface area contributed by atoms with Crippen LogP contribution in [0.2, 0.25) is 0 Å². The van der Waals surface area contributed by atoms with Crippen LogP contribution in [0.4, 0.5) is 0 Å². The molecule has 0 bridgehead atoms. The standard InChI is InChI=1S/C22H27N3O3/c1-3-21(26)25-13-15(14-25)10-22(27)24-8-6-16(7-9-24)19-12-23-20-5-4-17(28-2)11-18(19)20/h3-5,11-12,15-16,23H,1,6-10,13-14H2,2H3. The number of ether oxygens (including phenoxy) is 1. The highest BCUT2D eigenvalue weighted by atomic mass is 16.5. The molecule has 2 aliphatic heterocycles. The maximum atomic E-state index is 12.6. The molecule has 0 unspecified atom stereocenters. The lowest BCUT2D eigenvalue weighted by Gasteiger charge is -2.40. The van der Waals surface area contributed by atoms with Crippen LogP contribution in [0.25, 0.3) is 10.9 Å². The van der Waals surface area contributed by atoms with Gasteiger partial charge in [-0.1, -0.05) is 6.58 Å². The minimum Gasteiger partial charge on any atom is -0.497 e. The number of nitrogens with one attached hydrogen (secondary N) is 1. The average molecular weight is 381 g/mol. The van der Waals surface area contributed by atoms with Crippen molar-refractivity contribution in [1.29, 1.82) is 0 Å². The summed E-state index contributed by atoms with van der Waals surface area (Å²) in [5.74, 6) is 1.78. The molecule has 0 radical (unpaired) electrons. The topological polar surface area (TPSA) is 65.6 Å². The van der Waals surface area contributed by atoms with Gasteiger partial charge in [0.2, 0.25) is 11.8 Å². The molecule has 6 nitrogen and oxygen atoms in total. The molecule has 2 amide bonds. The van der Waals surface area contributed by atoms with E-state index in [-0.39, 0.29) is 17.7 Å². The summed E-state index contributed by atoms with van der Waals surface area (Å²) in [5, 5.41) is 1.21. The highest BCUT2D eigenvalue weighted by molar-refractivity contribution is 5.88. The number of hydrogen-bond donors (Lipinski definition) is 1. The Morgan fingerprint density at radius 2 is 2.00 bits per heavy atom. The molecule has 1 N–H and O–H groups in total. The number of benzene rings is 1. The number of fused-ring (bicyclic) bond motifs is 1. The zero-order valence-corrected chi connectivity index (χ0v) is 16.3. The van der Waals surface area contributed by atoms with Crippen LogP contribution in [0.5, 0.6) is 5.75 Å². The Balaban J connectivity index is 1.32. The Labute approximate surface area is 165 Å². The van der Waals surface area contributed by atoms with Crippen molar-refractivity contribution in [3.05, 3.63) is 42.6 Å². The van der Waals surface area contributed by atoms with Gasteiger partial charge < -0.3 is 19.5 Å². The Morgan fingerprint density at radius 3 is 2.68 bits per heavy atom. The van der Waals surface area contributed by atoms with Gasteiger partial charge in [-0.15, -0.1) is 0 Å². The lowest BCUT2D eigenvalue weighted by molar-refractivity contribution is -0.139. The van der Waals surface area contributed by atoms with Gasteiger partial charge in [-0.25, -0.2) is 0 Å². The van der Waals surface area contributed by atoms with Crippen molar-refractivity contribution in [3.63, 3.8) is 0 Å². The van der Waals surface area contributed by atoms with Gasteiger partial charge in [0.15, 0.2) is 0 Å². The molecule has 2 aromatic rings. The molecule has 1 aromatic carbocycles. The van der Waals surface area contributed by atoms with Crippen molar-refractivity contribution in [2.75, 3.05) is 33.3 Å². The van der Waals surface area contributed by atoms with Crippen LogP contribution >= 0.6 is 0 Å². The molecule has 148 valence electrons. The first-order valence-corrected chi connectivity index (χ1v) is 9.93. The van der Waals surface area contributed by atoms with Crippen LogP contribution in [0, 0.1) is 5.92 Å². The van der Waals surface area contributed by atoms with E-state index in [0.29, 0.717) is 25.4 Å². The van der Waals surface area contributed by atoms with Crippen LogP contribution in [0.3, 0.4) is 0 Å². The van der Waals surface area contributed by atoms with Gasteiger partial charge in [-0.3, -0.25) is 9.59 Å². The maximum Gasteiger partial charge on any atom is 0.245 e. The fraction of sp³-hybridized carbons (Fsp3) is 0.455. The summed E-state index contributed by atoms with van der Waals surface area (Å²) in [6.07, 6.45) is 5.92. The van der Waals surface area contributed by atoms with Gasteiger partial charge in [0, 0.05) is 55.6 Å². The number of hydrogen-bond acceptors (Lipinski definition) is 3. The highest BCUT2D eigenvalue weighted by Crippen LogP contribution is 2.35. The number of H-pyrrole nitrogens is 1. The predicted octanol–water partition coefficient (Wildman–Crippen LogP) is 2.92. The molecule has 0 aliphatic carbocycles. The van der Waals surface area contributed by atoms with Crippen LogP contribution in [-0.4, -0.2) is 59.9 Å². The van der Waals surface area contributed by atoms with E-state index in [1.807, 2.05) is 11.0 Å². The Morgan fingerprint density at radius 1 is 1.25 bits per heavy atom. The molecule has 0 spiro atoms. The third kappa shape index (κ3) is 3.51. The van der Waals surface area contributed by atoms with Gasteiger partial charge >= 0.3 is 0 Å². The summed E-state index contributed by atoms with van der Waals surface area (Å²) in [4.78, 5) is 31.2. The summed E-state index contributed by atoms with van der Waals surface area (Å²) in [6, 6.07) is 6.11. The summed E-state index contributed by atoms with van der Waals surface area (Å²) >= 11 is 0. The average Bonchev–Trinajstić information content (AvgIpc) is 3.12. The number of piperidine rings is 1. The minimum absolute atomic E-state index is 0.0418. The van der Waals surface area contributed by atoms with Gasteiger partial charge in [-0.05, 0) is 48.6 Å². The lowest BCUT2D eigenvalue weighted by Crippen LogP contribution is -2.51. The van der Waals surface area contributed by atoms with E-state index in [2.05, 4.69) is 29.9 Å². The second kappa shape index (κ2) is 7.70. The van der Waals surface area contributed by atoms with Crippen molar-refractivity contribution in [1.82, 2.24) is 14.8 Å². The molecule has 1 aromatic heterocycles. The van der Waals surface area contributed by atoms with Crippen LogP contribution in [0.15, 0.2) is 37.1 Å². The van der Waals surface area contributed by atoms with Crippen molar-refractivity contribution < 1.29 is 14.3 Å². The molecule has 2 saturated heterocycles. The number of rotatable bonds is 5. The Bertz CT molecular complexity index is 890. The molecule has 4 rings (SSSR count). The van der Waals surface area contributed by atoms with Gasteiger partial charge in [0.1, 0.15) is 5.75 Å². The van der Waals surface area contributed by atoms with E-state index in [4.69, 9.17) is 4.74 Å². The monoisotopic (exact) mass is 381 g/mol. The Hall–Kier alpha value is -2.76. The van der Waals surface area contributed by atoms with E-state index >= 15 is 0 Å². The third-order valence-electron chi connectivity index (χ3n) is 6.12. The smallest absolute Gasteiger partial charge is 0.245 e. The van der Waals surface area contributed by atoms with Gasteiger partial charge in [0.05, 0.1) is 7.11 Å². The maximum absolute atomic E-state index is 12.6. The van der Waals surface area contributed by atoms with Crippen molar-refractivity contribution >= 4 is 22.7 Å². The third-order valence-corrected chi connectivity index (χ3v) is 6.12. The second-order valence-electron chi connectivity index (χ2n) is 7.83. The quantitative estimate of drug-likeness (QED) is 0.810. The zero-order chi connectivity index (χ0) is 19.7. The lowest BCUT2D eigenvalue weighted by atomic mass is 9.88. The zero-order valence-electron chi connectivity index (χ0n) is 16.3. The SMILES string of the molecule is C=CC(=O)N1CC(CC(=O)N2CCC(c3c[nH]c4ccc(OC)cc34)CC2)C1. The number of amides is 2. The molecule has 6 heteroatoms. The molecule has 2 aliphatic rings. The fourth-order valence-electron chi connectivity index (χ4n) is 4.41. The number of nitrogens with zero attached hydrogens (tertiary/aromatic N) is 2. The number of aromatic amines is 1. The fourth-order valence-corrected chi connectivity index (χ4v) is 4.41. The first-order valence-electron chi connectivity index (χ1n) is 9.93. The largest absolute Gasteiger partial charge is 0.497 e. The highest BCUT2D eigenvalue weighted by Gasteiger charge is 2.33. The van der Waals surface area contributed by atoms with E-state index in [0.717, 1.165) is 37.2 Å². The summed E-state index contributed by atoms with van der Waals surface area (Å²) in [5.41, 5.74) is 2.44. The Kier molecular flexibility index (Phi) is 5.11. The van der Waals surface area contributed by atoms with Crippen LogP contribution < -0.4 is 4.74 Å². The molecule has 0 atom stereocenters. The molecule has 0 saturated carbocycles. The molecule has 3 heterocycles. The van der Waals surface area contributed by atoms with E-state index in [1.165, 1.54) is 17.0 Å². The molecule has 2 fully saturated rings. The number of aromatic nitrogens is 1. The number of carbonyl (C=O) groups excluding carboxylic acids is 2. The first kappa shape index (κ1) is 18.6. The van der Waals surface area contributed by atoms with Crippen molar-refractivity contribution in [3.8, 4) is 5.75 Å². The number of carbonyl (C=O) groups is 2. The van der Waals surface area contributed by atoms with E-state index in [9.17, 15) is 9.59 Å². The molecular weight excluding hydrogens is 354 g/mol. The van der Waals surface area contributed by atoms with E-state index in [1.54, 1.807) is 12.0 Å². The minimum atomic E-state index is -0.0418. The summed E-state index contributed by atoms with van der Waals surface area (Å²) in [7, 11) is 1.69. The normalized spacial score (nSPS) is 18.2. The second-order valence-corrected chi connectivity index (χ2v) is 7.83. The van der Waals surface area contributed by atoms with E-state index < -0.39 is 0 Å². The number of likely N-dealkylation sites (tertiary alicyclic amines) is 2. The summed E-state index contributed by atoms with van der Waals surface area (Å²) < 4.78 is 5.37. The van der Waals surface area contributed by atoms with Gasteiger partial charge in [0.25, 0.3) is 0 Å². The van der Waals surface area contributed by atoms with Gasteiger partial charge in [-0.2, -0.15) is 0 Å². The van der Waals surface area contributed by atoms with Crippen LogP contribution in [-0.2, 0) is 9.59 Å². The van der Waals surface area contributed by atoms with Crippen molar-refractivity contribution in [2.24, 2.45) is 5.92 Å².